The minimum absolute atomic E-state index is 0.00148. The molecule has 0 atom stereocenters. The van der Waals surface area contributed by atoms with Crippen molar-refractivity contribution in [3.8, 4) is 5.75 Å². The molecule has 5 nitrogen and oxygen atoms in total. The predicted octanol–water partition coefficient (Wildman–Crippen LogP) is 3.11. The van der Waals surface area contributed by atoms with E-state index in [4.69, 9.17) is 4.74 Å². The van der Waals surface area contributed by atoms with Crippen LogP contribution in [0.1, 0.15) is 50.0 Å². The third-order valence-corrected chi connectivity index (χ3v) is 4.37. The molecule has 1 heterocycles. The van der Waals surface area contributed by atoms with Gasteiger partial charge in [-0.05, 0) is 51.0 Å². The fourth-order valence-corrected chi connectivity index (χ4v) is 3.06. The molecule has 1 aliphatic heterocycles. The molecule has 5 heteroatoms. The molecule has 2 rings (SSSR count). The van der Waals surface area contributed by atoms with Crippen LogP contribution in [0.3, 0.4) is 0 Å². The summed E-state index contributed by atoms with van der Waals surface area (Å²) in [7, 11) is 0. The van der Waals surface area contributed by atoms with Crippen LogP contribution < -0.4 is 4.74 Å². The number of ether oxygens (including phenoxy) is 1. The highest BCUT2D eigenvalue weighted by Gasteiger charge is 2.24. The van der Waals surface area contributed by atoms with E-state index in [1.54, 1.807) is 0 Å². The molecule has 0 unspecified atom stereocenters. The number of amides is 2. The van der Waals surface area contributed by atoms with Crippen molar-refractivity contribution in [2.24, 2.45) is 5.92 Å². The zero-order valence-corrected chi connectivity index (χ0v) is 16.0. The van der Waals surface area contributed by atoms with Crippen molar-refractivity contribution in [1.29, 1.82) is 0 Å². The molecule has 0 N–H and O–H groups in total. The smallest absolute Gasteiger partial charge is 0.253 e. The monoisotopic (exact) mass is 346 g/mol. The van der Waals surface area contributed by atoms with Crippen LogP contribution in [0.25, 0.3) is 0 Å². The average Bonchev–Trinajstić information content (AvgIpc) is 2.80. The van der Waals surface area contributed by atoms with Gasteiger partial charge in [-0.25, -0.2) is 0 Å². The van der Waals surface area contributed by atoms with Crippen LogP contribution in [-0.4, -0.2) is 53.9 Å². The van der Waals surface area contributed by atoms with Gasteiger partial charge in [0.15, 0.2) is 0 Å². The first-order valence-electron chi connectivity index (χ1n) is 9.15. The fourth-order valence-electron chi connectivity index (χ4n) is 3.06. The molecule has 2 amide bonds. The van der Waals surface area contributed by atoms with Crippen molar-refractivity contribution in [1.82, 2.24) is 9.80 Å². The van der Waals surface area contributed by atoms with Gasteiger partial charge in [0.1, 0.15) is 5.75 Å². The summed E-state index contributed by atoms with van der Waals surface area (Å²) in [6, 6.07) is 5.59. The lowest BCUT2D eigenvalue weighted by Crippen LogP contribution is -2.39. The zero-order chi connectivity index (χ0) is 18.6. The summed E-state index contributed by atoms with van der Waals surface area (Å²) in [6.45, 7) is 12.4. The summed E-state index contributed by atoms with van der Waals surface area (Å²) < 4.78 is 5.74. The first kappa shape index (κ1) is 19.3. The lowest BCUT2D eigenvalue weighted by Gasteiger charge is -2.23. The summed E-state index contributed by atoms with van der Waals surface area (Å²) >= 11 is 0. The van der Waals surface area contributed by atoms with Gasteiger partial charge in [-0.3, -0.25) is 9.59 Å². The van der Waals surface area contributed by atoms with Crippen LogP contribution in [-0.2, 0) is 4.79 Å². The molecular weight excluding hydrogens is 316 g/mol. The molecule has 0 bridgehead atoms. The number of carbonyl (C=O) groups is 2. The average molecular weight is 346 g/mol. The number of rotatable bonds is 4. The third kappa shape index (κ3) is 4.97. The van der Waals surface area contributed by atoms with Crippen molar-refractivity contribution < 1.29 is 14.3 Å². The maximum atomic E-state index is 12.8. The fraction of sp³-hybridized carbons (Fsp3) is 0.600. The molecule has 25 heavy (non-hydrogen) atoms. The minimum Gasteiger partial charge on any atom is -0.491 e. The molecule has 1 aromatic rings. The second kappa shape index (κ2) is 8.37. The maximum Gasteiger partial charge on any atom is 0.253 e. The molecule has 1 aliphatic rings. The van der Waals surface area contributed by atoms with Gasteiger partial charge in [0.25, 0.3) is 5.91 Å². The molecule has 0 saturated carbocycles. The van der Waals surface area contributed by atoms with E-state index >= 15 is 0 Å². The van der Waals surface area contributed by atoms with Crippen LogP contribution in [0.2, 0.25) is 0 Å². The Bertz CT molecular complexity index is 625. The van der Waals surface area contributed by atoms with Crippen molar-refractivity contribution in [3.05, 3.63) is 29.3 Å². The lowest BCUT2D eigenvalue weighted by molar-refractivity contribution is -0.134. The molecule has 0 spiro atoms. The standard InChI is InChI=1S/C20H30N2O3/c1-14(2)19(23)21-9-6-10-22(12-11-21)20(24)17-7-8-18(16(5)13-17)25-15(3)4/h7-8,13-15H,6,9-12H2,1-5H3. The van der Waals surface area contributed by atoms with Crippen molar-refractivity contribution in [3.63, 3.8) is 0 Å². The van der Waals surface area contributed by atoms with E-state index in [2.05, 4.69) is 0 Å². The van der Waals surface area contributed by atoms with Crippen LogP contribution in [0.15, 0.2) is 18.2 Å². The zero-order valence-electron chi connectivity index (χ0n) is 16.0. The molecular formula is C20H30N2O3. The second-order valence-corrected chi connectivity index (χ2v) is 7.27. The summed E-state index contributed by atoms with van der Waals surface area (Å²) in [6.07, 6.45) is 0.924. The molecule has 0 aromatic heterocycles. The van der Waals surface area contributed by atoms with Crippen molar-refractivity contribution in [2.45, 2.75) is 47.1 Å². The first-order chi connectivity index (χ1) is 11.8. The number of hydrogen-bond donors (Lipinski definition) is 0. The minimum atomic E-state index is -0.00148. The summed E-state index contributed by atoms with van der Waals surface area (Å²) in [4.78, 5) is 28.7. The van der Waals surface area contributed by atoms with Gasteiger partial charge in [0.05, 0.1) is 6.10 Å². The third-order valence-electron chi connectivity index (χ3n) is 4.37. The van der Waals surface area contributed by atoms with Gasteiger partial charge >= 0.3 is 0 Å². The molecule has 1 fully saturated rings. The Kier molecular flexibility index (Phi) is 6.45. The lowest BCUT2D eigenvalue weighted by atomic mass is 10.1. The Morgan fingerprint density at radius 3 is 2.24 bits per heavy atom. The Balaban J connectivity index is 2.05. The number of benzene rings is 1. The first-order valence-corrected chi connectivity index (χ1v) is 9.15. The SMILES string of the molecule is Cc1cc(C(=O)N2CCCN(C(=O)C(C)C)CC2)ccc1OC(C)C. The van der Waals surface area contributed by atoms with Crippen molar-refractivity contribution >= 4 is 11.8 Å². The summed E-state index contributed by atoms with van der Waals surface area (Å²) in [5, 5.41) is 0. The Labute approximate surface area is 150 Å². The van der Waals surface area contributed by atoms with E-state index in [0.29, 0.717) is 25.2 Å². The van der Waals surface area contributed by atoms with Gasteiger partial charge in [0.2, 0.25) is 5.91 Å². The van der Waals surface area contributed by atoms with Crippen LogP contribution in [0.4, 0.5) is 0 Å². The van der Waals surface area contributed by atoms with Gasteiger partial charge in [-0.15, -0.1) is 0 Å². The van der Waals surface area contributed by atoms with E-state index < -0.39 is 0 Å². The van der Waals surface area contributed by atoms with E-state index in [0.717, 1.165) is 24.3 Å². The molecule has 0 radical (unpaired) electrons. The number of hydrogen-bond acceptors (Lipinski definition) is 3. The normalized spacial score (nSPS) is 15.5. The number of aryl methyl sites for hydroxylation is 1. The number of carbonyl (C=O) groups excluding carboxylic acids is 2. The van der Waals surface area contributed by atoms with Crippen molar-refractivity contribution in [2.75, 3.05) is 26.2 Å². The molecule has 1 saturated heterocycles. The Morgan fingerprint density at radius 2 is 1.64 bits per heavy atom. The van der Waals surface area contributed by atoms with Gasteiger partial charge in [0, 0.05) is 37.7 Å². The van der Waals surface area contributed by atoms with Gasteiger partial charge in [-0.1, -0.05) is 13.8 Å². The van der Waals surface area contributed by atoms with E-state index in [-0.39, 0.29) is 23.8 Å². The van der Waals surface area contributed by atoms with Crippen LogP contribution in [0.5, 0.6) is 5.75 Å². The highest BCUT2D eigenvalue weighted by Crippen LogP contribution is 2.21. The Morgan fingerprint density at radius 1 is 1.00 bits per heavy atom. The molecule has 0 aliphatic carbocycles. The van der Waals surface area contributed by atoms with E-state index in [1.165, 1.54) is 0 Å². The molecule has 138 valence electrons. The van der Waals surface area contributed by atoms with Crippen LogP contribution >= 0.6 is 0 Å². The highest BCUT2D eigenvalue weighted by molar-refractivity contribution is 5.94. The topological polar surface area (TPSA) is 49.9 Å². The number of nitrogens with zero attached hydrogens (tertiary/aromatic N) is 2. The van der Waals surface area contributed by atoms with E-state index in [1.807, 2.05) is 62.6 Å². The highest BCUT2D eigenvalue weighted by atomic mass is 16.5. The second-order valence-electron chi connectivity index (χ2n) is 7.27. The van der Waals surface area contributed by atoms with Crippen LogP contribution in [0, 0.1) is 12.8 Å². The van der Waals surface area contributed by atoms with Gasteiger partial charge < -0.3 is 14.5 Å². The summed E-state index contributed by atoms with van der Waals surface area (Å²) in [5.41, 5.74) is 1.64. The van der Waals surface area contributed by atoms with E-state index in [9.17, 15) is 9.59 Å². The maximum absolute atomic E-state index is 12.8. The predicted molar refractivity (Wildman–Crippen MR) is 98.9 cm³/mol. The van der Waals surface area contributed by atoms with Gasteiger partial charge in [-0.2, -0.15) is 0 Å². The quantitative estimate of drug-likeness (QED) is 0.842. The summed E-state index contributed by atoms with van der Waals surface area (Å²) in [5.74, 6) is 1.01. The Hall–Kier alpha value is -2.04. The molecule has 1 aromatic carbocycles. The largest absolute Gasteiger partial charge is 0.491 e.